The summed E-state index contributed by atoms with van der Waals surface area (Å²) in [6.07, 6.45) is 8.06. The SMILES string of the molecule is C=N/C=C\C=C/CCNC(C)=O. The second kappa shape index (κ2) is 7.72. The van der Waals surface area contributed by atoms with Crippen molar-refractivity contribution in [2.75, 3.05) is 6.54 Å². The molecule has 0 fully saturated rings. The summed E-state index contributed by atoms with van der Waals surface area (Å²) in [5, 5.41) is 2.69. The summed E-state index contributed by atoms with van der Waals surface area (Å²) in [4.78, 5) is 13.9. The molecule has 0 aliphatic heterocycles. The van der Waals surface area contributed by atoms with Gasteiger partial charge in [-0.25, -0.2) is 0 Å². The van der Waals surface area contributed by atoms with Crippen molar-refractivity contribution in [2.24, 2.45) is 4.99 Å². The molecule has 3 heteroatoms. The number of nitrogens with zero attached hydrogens (tertiary/aromatic N) is 1. The first-order chi connectivity index (χ1) is 5.77. The molecule has 3 nitrogen and oxygen atoms in total. The Morgan fingerprint density at radius 1 is 1.58 bits per heavy atom. The molecular formula is C9H14N2O. The van der Waals surface area contributed by atoms with Crippen LogP contribution in [-0.4, -0.2) is 19.2 Å². The average Bonchev–Trinajstić information content (AvgIpc) is 2.02. The monoisotopic (exact) mass is 166 g/mol. The van der Waals surface area contributed by atoms with Crippen LogP contribution in [0.1, 0.15) is 13.3 Å². The predicted octanol–water partition coefficient (Wildman–Crippen LogP) is 1.28. The van der Waals surface area contributed by atoms with Gasteiger partial charge in [-0.2, -0.15) is 0 Å². The maximum atomic E-state index is 10.4. The van der Waals surface area contributed by atoms with E-state index in [0.29, 0.717) is 6.54 Å². The zero-order valence-corrected chi connectivity index (χ0v) is 7.29. The van der Waals surface area contributed by atoms with Crippen LogP contribution in [0.5, 0.6) is 0 Å². The van der Waals surface area contributed by atoms with Crippen LogP contribution < -0.4 is 5.32 Å². The van der Waals surface area contributed by atoms with Crippen molar-refractivity contribution in [1.29, 1.82) is 0 Å². The molecule has 0 aliphatic carbocycles. The maximum Gasteiger partial charge on any atom is 0.216 e. The number of hydrogen-bond donors (Lipinski definition) is 1. The number of carbonyl (C=O) groups is 1. The summed E-state index contributed by atoms with van der Waals surface area (Å²) < 4.78 is 0. The Hall–Kier alpha value is -1.38. The van der Waals surface area contributed by atoms with Gasteiger partial charge >= 0.3 is 0 Å². The van der Waals surface area contributed by atoms with Gasteiger partial charge in [0, 0.05) is 19.7 Å². The fraction of sp³-hybridized carbons (Fsp3) is 0.333. The highest BCUT2D eigenvalue weighted by molar-refractivity contribution is 5.72. The fourth-order valence-corrected chi connectivity index (χ4v) is 0.617. The Balaban J connectivity index is 3.30. The number of rotatable bonds is 5. The van der Waals surface area contributed by atoms with E-state index in [2.05, 4.69) is 17.0 Å². The van der Waals surface area contributed by atoms with Crippen molar-refractivity contribution in [1.82, 2.24) is 5.32 Å². The normalized spacial score (nSPS) is 10.8. The molecule has 0 saturated heterocycles. The van der Waals surface area contributed by atoms with E-state index >= 15 is 0 Å². The maximum absolute atomic E-state index is 10.4. The molecule has 0 heterocycles. The summed E-state index contributed by atoms with van der Waals surface area (Å²) in [6, 6.07) is 0. The molecule has 0 saturated carbocycles. The lowest BCUT2D eigenvalue weighted by molar-refractivity contribution is -0.118. The lowest BCUT2D eigenvalue weighted by atomic mass is 10.3. The summed E-state index contributed by atoms with van der Waals surface area (Å²) in [6.45, 7) is 5.48. The Labute approximate surface area is 72.9 Å². The van der Waals surface area contributed by atoms with Crippen molar-refractivity contribution < 1.29 is 4.79 Å². The molecule has 1 N–H and O–H groups in total. The first-order valence-electron chi connectivity index (χ1n) is 3.79. The summed E-state index contributed by atoms with van der Waals surface area (Å²) in [5.41, 5.74) is 0. The summed E-state index contributed by atoms with van der Waals surface area (Å²) >= 11 is 0. The van der Waals surface area contributed by atoms with E-state index in [1.54, 1.807) is 12.3 Å². The topological polar surface area (TPSA) is 41.5 Å². The Morgan fingerprint density at radius 2 is 2.33 bits per heavy atom. The van der Waals surface area contributed by atoms with Crippen LogP contribution in [0.25, 0.3) is 0 Å². The van der Waals surface area contributed by atoms with Crippen molar-refractivity contribution in [3.05, 3.63) is 24.4 Å². The molecule has 0 rings (SSSR count). The molecule has 66 valence electrons. The second-order valence-corrected chi connectivity index (χ2v) is 2.22. The highest BCUT2D eigenvalue weighted by atomic mass is 16.1. The van der Waals surface area contributed by atoms with Crippen molar-refractivity contribution in [3.8, 4) is 0 Å². The predicted molar refractivity (Wildman–Crippen MR) is 51.1 cm³/mol. The molecule has 0 aromatic carbocycles. The van der Waals surface area contributed by atoms with Gasteiger partial charge in [0.1, 0.15) is 0 Å². The minimum Gasteiger partial charge on any atom is -0.356 e. The standard InChI is InChI=1S/C9H14N2O/c1-9(12)11-8-6-4-3-5-7-10-2/h3-5,7H,2,6,8H2,1H3,(H,11,12)/b4-3-,7-5-. The third-order valence-electron chi connectivity index (χ3n) is 1.12. The van der Waals surface area contributed by atoms with Gasteiger partial charge in [-0.05, 0) is 19.2 Å². The molecule has 0 unspecified atom stereocenters. The Kier molecular flexibility index (Phi) is 6.84. The molecule has 1 amide bonds. The molecule has 0 aromatic heterocycles. The van der Waals surface area contributed by atoms with E-state index < -0.39 is 0 Å². The van der Waals surface area contributed by atoms with E-state index in [1.165, 1.54) is 6.92 Å². The molecular weight excluding hydrogens is 152 g/mol. The van der Waals surface area contributed by atoms with Gasteiger partial charge in [0.15, 0.2) is 0 Å². The van der Waals surface area contributed by atoms with Gasteiger partial charge in [0.25, 0.3) is 0 Å². The minimum atomic E-state index is 0.00620. The number of nitrogens with one attached hydrogen (secondary N) is 1. The van der Waals surface area contributed by atoms with Crippen molar-refractivity contribution in [3.63, 3.8) is 0 Å². The van der Waals surface area contributed by atoms with Gasteiger partial charge in [0.05, 0.1) is 0 Å². The number of allylic oxidation sites excluding steroid dienone is 2. The van der Waals surface area contributed by atoms with E-state index in [9.17, 15) is 4.79 Å². The zero-order chi connectivity index (χ0) is 9.23. The molecule has 0 radical (unpaired) electrons. The third kappa shape index (κ3) is 8.62. The Bertz CT molecular complexity index is 195. The number of amides is 1. The zero-order valence-electron chi connectivity index (χ0n) is 7.29. The number of hydrogen-bond acceptors (Lipinski definition) is 2. The van der Waals surface area contributed by atoms with Gasteiger partial charge in [0.2, 0.25) is 5.91 Å². The third-order valence-corrected chi connectivity index (χ3v) is 1.12. The largest absolute Gasteiger partial charge is 0.356 e. The second-order valence-electron chi connectivity index (χ2n) is 2.22. The Morgan fingerprint density at radius 3 is 2.92 bits per heavy atom. The summed E-state index contributed by atoms with van der Waals surface area (Å²) in [7, 11) is 0. The van der Waals surface area contributed by atoms with E-state index in [-0.39, 0.29) is 5.91 Å². The molecule has 0 atom stereocenters. The van der Waals surface area contributed by atoms with Crippen LogP contribution in [0.2, 0.25) is 0 Å². The lowest BCUT2D eigenvalue weighted by Gasteiger charge is -1.95. The minimum absolute atomic E-state index is 0.00620. The molecule has 0 bridgehead atoms. The van der Waals surface area contributed by atoms with Crippen LogP contribution in [-0.2, 0) is 4.79 Å². The highest BCUT2D eigenvalue weighted by Gasteiger charge is 1.85. The fourth-order valence-electron chi connectivity index (χ4n) is 0.617. The van der Waals surface area contributed by atoms with E-state index in [4.69, 9.17) is 0 Å². The number of carbonyl (C=O) groups excluding carboxylic acids is 1. The highest BCUT2D eigenvalue weighted by Crippen LogP contribution is 1.82. The lowest BCUT2D eigenvalue weighted by Crippen LogP contribution is -2.20. The molecule has 0 aliphatic rings. The average molecular weight is 166 g/mol. The van der Waals surface area contributed by atoms with Crippen LogP contribution in [0.3, 0.4) is 0 Å². The molecule has 0 aromatic rings. The van der Waals surface area contributed by atoms with Gasteiger partial charge in [-0.1, -0.05) is 12.2 Å². The quantitative estimate of drug-likeness (QED) is 0.373. The van der Waals surface area contributed by atoms with E-state index in [1.807, 2.05) is 12.2 Å². The van der Waals surface area contributed by atoms with Gasteiger partial charge in [-0.3, -0.25) is 9.79 Å². The van der Waals surface area contributed by atoms with Gasteiger partial charge < -0.3 is 5.32 Å². The number of aliphatic imine (C=N–C) groups is 1. The first kappa shape index (κ1) is 10.6. The van der Waals surface area contributed by atoms with Gasteiger partial charge in [-0.15, -0.1) is 0 Å². The smallest absolute Gasteiger partial charge is 0.216 e. The summed E-state index contributed by atoms with van der Waals surface area (Å²) in [5.74, 6) is 0.00620. The van der Waals surface area contributed by atoms with E-state index in [0.717, 1.165) is 6.42 Å². The van der Waals surface area contributed by atoms with Crippen LogP contribution in [0.15, 0.2) is 29.4 Å². The van der Waals surface area contributed by atoms with Crippen molar-refractivity contribution in [2.45, 2.75) is 13.3 Å². The van der Waals surface area contributed by atoms with Crippen LogP contribution in [0.4, 0.5) is 0 Å². The first-order valence-corrected chi connectivity index (χ1v) is 3.79. The molecule has 0 spiro atoms. The molecule has 12 heavy (non-hydrogen) atoms. The van der Waals surface area contributed by atoms with Crippen LogP contribution in [0, 0.1) is 0 Å². The van der Waals surface area contributed by atoms with Crippen molar-refractivity contribution >= 4 is 12.6 Å². The van der Waals surface area contributed by atoms with Crippen LogP contribution >= 0.6 is 0 Å².